The highest BCUT2D eigenvalue weighted by atomic mass is 127. The third kappa shape index (κ3) is 11.0. The number of hydrogen-bond acceptors (Lipinski definition) is 4. The lowest BCUT2D eigenvalue weighted by Gasteiger charge is -2.33. The monoisotopic (exact) mass is 516 g/mol. The Balaban J connectivity index is 0.00000420. The van der Waals surface area contributed by atoms with Crippen LogP contribution in [0.2, 0.25) is 0 Å². The van der Waals surface area contributed by atoms with Gasteiger partial charge in [-0.2, -0.15) is 0 Å². The van der Waals surface area contributed by atoms with Gasteiger partial charge in [-0.25, -0.2) is 0 Å². The minimum atomic E-state index is -0.614. The molecule has 1 saturated heterocycles. The number of aliphatic imine (C=N–C) groups is 1. The maximum atomic E-state index is 10.2. The molecule has 0 amide bonds. The van der Waals surface area contributed by atoms with Crippen molar-refractivity contribution in [2.24, 2.45) is 4.99 Å². The first-order chi connectivity index (χ1) is 13.6. The number of guanidine groups is 1. The minimum absolute atomic E-state index is 0. The fourth-order valence-electron chi connectivity index (χ4n) is 3.27. The summed E-state index contributed by atoms with van der Waals surface area (Å²) in [7, 11) is 0. The molecule has 2 rings (SSSR count). The highest BCUT2D eigenvalue weighted by Crippen LogP contribution is 2.11. The zero-order valence-corrected chi connectivity index (χ0v) is 20.1. The van der Waals surface area contributed by atoms with Crippen LogP contribution in [0.25, 0.3) is 0 Å². The Morgan fingerprint density at radius 2 is 2.00 bits per heavy atom. The summed E-state index contributed by atoms with van der Waals surface area (Å²) in [6.45, 7) is 13.1. The van der Waals surface area contributed by atoms with Gasteiger partial charge in [-0.1, -0.05) is 42.5 Å². The Morgan fingerprint density at radius 1 is 1.31 bits per heavy atom. The Hall–Kier alpha value is -1.16. The zero-order chi connectivity index (χ0) is 20.2. The normalized spacial score (nSPS) is 16.7. The number of rotatable bonds is 10. The van der Waals surface area contributed by atoms with Crippen LogP contribution in [-0.4, -0.2) is 67.4 Å². The summed E-state index contributed by atoms with van der Waals surface area (Å²) < 4.78 is 5.59. The van der Waals surface area contributed by atoms with Gasteiger partial charge in [-0.3, -0.25) is 9.89 Å². The summed E-state index contributed by atoms with van der Waals surface area (Å²) in [4.78, 5) is 6.98. The molecule has 0 spiro atoms. The van der Waals surface area contributed by atoms with E-state index in [1.165, 1.54) is 5.57 Å². The van der Waals surface area contributed by atoms with Crippen molar-refractivity contribution in [2.45, 2.75) is 45.4 Å². The van der Waals surface area contributed by atoms with Crippen molar-refractivity contribution >= 4 is 29.9 Å². The van der Waals surface area contributed by atoms with Gasteiger partial charge in [0.05, 0.1) is 25.9 Å². The summed E-state index contributed by atoms with van der Waals surface area (Å²) in [5.41, 5.74) is 2.32. The summed E-state index contributed by atoms with van der Waals surface area (Å²) in [6, 6.07) is 10.4. The number of piperidine rings is 1. The molecular weight excluding hydrogens is 479 g/mol. The van der Waals surface area contributed by atoms with Gasteiger partial charge in [0.15, 0.2) is 5.96 Å². The van der Waals surface area contributed by atoms with Crippen molar-refractivity contribution in [3.63, 3.8) is 0 Å². The summed E-state index contributed by atoms with van der Waals surface area (Å²) in [6.07, 6.45) is 1.55. The Labute approximate surface area is 192 Å². The number of likely N-dealkylation sites (tertiary alicyclic amines) is 1. The highest BCUT2D eigenvalue weighted by Gasteiger charge is 2.19. The molecule has 0 radical (unpaired) electrons. The summed E-state index contributed by atoms with van der Waals surface area (Å²) in [5.74, 6) is 0.767. The first-order valence-electron chi connectivity index (χ1n) is 10.3. The lowest BCUT2D eigenvalue weighted by Crippen LogP contribution is -2.49. The summed E-state index contributed by atoms with van der Waals surface area (Å²) >= 11 is 0. The number of aliphatic hydroxyl groups is 1. The van der Waals surface area contributed by atoms with E-state index in [9.17, 15) is 5.11 Å². The molecular formula is C22H37IN4O2. The zero-order valence-electron chi connectivity index (χ0n) is 17.8. The van der Waals surface area contributed by atoms with E-state index in [0.29, 0.717) is 19.2 Å². The molecule has 164 valence electrons. The molecule has 1 aromatic carbocycles. The maximum absolute atomic E-state index is 10.2. The van der Waals surface area contributed by atoms with Crippen LogP contribution < -0.4 is 10.6 Å². The first-order valence-corrected chi connectivity index (χ1v) is 10.3. The Bertz CT molecular complexity index is 604. The van der Waals surface area contributed by atoms with E-state index in [2.05, 4.69) is 34.0 Å². The van der Waals surface area contributed by atoms with Crippen molar-refractivity contribution in [3.05, 3.63) is 48.0 Å². The average Bonchev–Trinajstić information content (AvgIpc) is 2.68. The molecule has 1 aliphatic rings. The largest absolute Gasteiger partial charge is 0.389 e. The quantitative estimate of drug-likeness (QED) is 0.193. The molecule has 0 saturated carbocycles. The predicted octanol–water partition coefficient (Wildman–Crippen LogP) is 2.78. The average molecular weight is 516 g/mol. The highest BCUT2D eigenvalue weighted by molar-refractivity contribution is 14.0. The molecule has 3 N–H and O–H groups in total. The fraction of sp³-hybridized carbons (Fsp3) is 0.591. The summed E-state index contributed by atoms with van der Waals surface area (Å²) in [5, 5.41) is 16.9. The van der Waals surface area contributed by atoms with Crippen molar-refractivity contribution in [3.8, 4) is 0 Å². The third-order valence-corrected chi connectivity index (χ3v) is 4.65. The standard InChI is InChI=1S/C22H36N4O2.HI/c1-4-23-22(25-20-10-12-26(13-11-20)15-18(2)3)24-14-21(27)17-28-16-19-8-6-5-7-9-19;/h5-9,20-21,27H,2,4,10-17H2,1,3H3,(H2,23,24,25);1H. The molecule has 6 nitrogen and oxygen atoms in total. The molecule has 1 atom stereocenters. The number of benzene rings is 1. The third-order valence-electron chi connectivity index (χ3n) is 4.65. The Kier molecular flexibility index (Phi) is 13.2. The molecule has 0 aromatic heterocycles. The van der Waals surface area contributed by atoms with Gasteiger partial charge in [0.25, 0.3) is 0 Å². The maximum Gasteiger partial charge on any atom is 0.191 e. The van der Waals surface area contributed by atoms with Crippen LogP contribution in [0.3, 0.4) is 0 Å². The van der Waals surface area contributed by atoms with Crippen molar-refractivity contribution in [1.29, 1.82) is 0 Å². The number of aliphatic hydroxyl groups excluding tert-OH is 1. The molecule has 1 fully saturated rings. The molecule has 29 heavy (non-hydrogen) atoms. The number of nitrogens with one attached hydrogen (secondary N) is 2. The molecule has 1 heterocycles. The van der Waals surface area contributed by atoms with Crippen LogP contribution in [-0.2, 0) is 11.3 Å². The minimum Gasteiger partial charge on any atom is -0.389 e. The van der Waals surface area contributed by atoms with Crippen LogP contribution in [0.4, 0.5) is 0 Å². The van der Waals surface area contributed by atoms with Crippen LogP contribution in [0.1, 0.15) is 32.3 Å². The second-order valence-electron chi connectivity index (χ2n) is 7.53. The second kappa shape index (κ2) is 14.8. The van der Waals surface area contributed by atoms with E-state index in [1.54, 1.807) is 0 Å². The van der Waals surface area contributed by atoms with E-state index < -0.39 is 6.10 Å². The second-order valence-corrected chi connectivity index (χ2v) is 7.53. The molecule has 7 heteroatoms. The van der Waals surface area contributed by atoms with Crippen LogP contribution >= 0.6 is 24.0 Å². The van der Waals surface area contributed by atoms with Crippen LogP contribution in [0.5, 0.6) is 0 Å². The van der Waals surface area contributed by atoms with E-state index in [-0.39, 0.29) is 30.6 Å². The topological polar surface area (TPSA) is 69.1 Å². The van der Waals surface area contributed by atoms with Gasteiger partial charge in [0, 0.05) is 32.2 Å². The molecule has 0 bridgehead atoms. The molecule has 1 aliphatic heterocycles. The number of ether oxygens (including phenoxy) is 1. The van der Waals surface area contributed by atoms with Crippen molar-refractivity contribution in [2.75, 3.05) is 39.3 Å². The van der Waals surface area contributed by atoms with Gasteiger partial charge >= 0.3 is 0 Å². The fourth-order valence-corrected chi connectivity index (χ4v) is 3.27. The Morgan fingerprint density at radius 3 is 2.62 bits per heavy atom. The smallest absolute Gasteiger partial charge is 0.191 e. The molecule has 1 unspecified atom stereocenters. The van der Waals surface area contributed by atoms with E-state index in [0.717, 1.165) is 50.5 Å². The van der Waals surface area contributed by atoms with Gasteiger partial charge in [0.2, 0.25) is 0 Å². The molecule has 0 aliphatic carbocycles. The predicted molar refractivity (Wildman–Crippen MR) is 131 cm³/mol. The first kappa shape index (κ1) is 25.9. The van der Waals surface area contributed by atoms with E-state index >= 15 is 0 Å². The van der Waals surface area contributed by atoms with Gasteiger partial charge in [0.1, 0.15) is 0 Å². The van der Waals surface area contributed by atoms with Crippen LogP contribution in [0.15, 0.2) is 47.5 Å². The van der Waals surface area contributed by atoms with Gasteiger partial charge in [-0.05, 0) is 32.3 Å². The van der Waals surface area contributed by atoms with Crippen molar-refractivity contribution in [1.82, 2.24) is 15.5 Å². The lowest BCUT2D eigenvalue weighted by atomic mass is 10.0. The van der Waals surface area contributed by atoms with Crippen molar-refractivity contribution < 1.29 is 9.84 Å². The lowest BCUT2D eigenvalue weighted by molar-refractivity contribution is 0.0331. The van der Waals surface area contributed by atoms with Crippen LogP contribution in [0, 0.1) is 0 Å². The number of hydrogen-bond donors (Lipinski definition) is 3. The molecule has 1 aromatic rings. The van der Waals surface area contributed by atoms with Gasteiger partial charge < -0.3 is 20.5 Å². The van der Waals surface area contributed by atoms with E-state index in [4.69, 9.17) is 4.74 Å². The number of nitrogens with zero attached hydrogens (tertiary/aromatic N) is 2. The number of halogens is 1. The van der Waals surface area contributed by atoms with E-state index in [1.807, 2.05) is 37.3 Å². The van der Waals surface area contributed by atoms with Gasteiger partial charge in [-0.15, -0.1) is 24.0 Å². The SMILES string of the molecule is C=C(C)CN1CCC(NC(=NCC(O)COCc2ccccc2)NCC)CC1.I.